The van der Waals surface area contributed by atoms with Crippen LogP contribution in [0.15, 0.2) is 0 Å². The van der Waals surface area contributed by atoms with Crippen LogP contribution < -0.4 is 5.32 Å². The van der Waals surface area contributed by atoms with Crippen molar-refractivity contribution in [2.75, 3.05) is 6.54 Å². The molecule has 0 aliphatic heterocycles. The molecule has 0 saturated carbocycles. The minimum Gasteiger partial charge on any atom is -0.444 e. The first-order valence-electron chi connectivity index (χ1n) is 4.89. The minimum atomic E-state index is -4.36. The summed E-state index contributed by atoms with van der Waals surface area (Å²) in [5.41, 5.74) is -2.68. The second kappa shape index (κ2) is 4.51. The van der Waals surface area contributed by atoms with Gasteiger partial charge in [-0.1, -0.05) is 0 Å². The van der Waals surface area contributed by atoms with Gasteiger partial charge in [0.25, 0.3) is 0 Å². The summed E-state index contributed by atoms with van der Waals surface area (Å²) < 4.78 is 42.1. The van der Waals surface area contributed by atoms with E-state index in [0.29, 0.717) is 0 Å². The number of rotatable bonds is 2. The molecule has 96 valence electrons. The lowest BCUT2D eigenvalue weighted by atomic mass is 9.93. The SMILES string of the molecule is CC(C)(C)OC(=O)NCC(C)(C)C(F)(F)F. The number of alkyl carbamates (subject to hydrolysis) is 1. The molecule has 0 radical (unpaired) electrons. The Morgan fingerprint density at radius 1 is 1.12 bits per heavy atom. The Kier molecular flexibility index (Phi) is 4.24. The number of hydrogen-bond donors (Lipinski definition) is 1. The van der Waals surface area contributed by atoms with Crippen LogP contribution in [-0.2, 0) is 4.74 Å². The van der Waals surface area contributed by atoms with Crippen LogP contribution in [0.25, 0.3) is 0 Å². The second-order valence-corrected chi connectivity index (χ2v) is 5.24. The lowest BCUT2D eigenvalue weighted by Gasteiger charge is -2.28. The average molecular weight is 241 g/mol. The van der Waals surface area contributed by atoms with Gasteiger partial charge in [0.2, 0.25) is 0 Å². The molecule has 0 fully saturated rings. The van der Waals surface area contributed by atoms with E-state index in [1.165, 1.54) is 0 Å². The quantitative estimate of drug-likeness (QED) is 0.806. The number of carbonyl (C=O) groups is 1. The van der Waals surface area contributed by atoms with E-state index in [1.807, 2.05) is 0 Å². The molecule has 0 aromatic heterocycles. The molecule has 0 saturated heterocycles. The average Bonchev–Trinajstić information content (AvgIpc) is 1.95. The van der Waals surface area contributed by atoms with Gasteiger partial charge < -0.3 is 10.1 Å². The molecule has 0 heterocycles. The van der Waals surface area contributed by atoms with Crippen LogP contribution >= 0.6 is 0 Å². The fourth-order valence-electron chi connectivity index (χ4n) is 0.708. The number of hydrogen-bond acceptors (Lipinski definition) is 2. The van der Waals surface area contributed by atoms with E-state index in [0.717, 1.165) is 13.8 Å². The topological polar surface area (TPSA) is 38.3 Å². The van der Waals surface area contributed by atoms with Gasteiger partial charge in [-0.25, -0.2) is 4.79 Å². The van der Waals surface area contributed by atoms with Gasteiger partial charge in [0.15, 0.2) is 0 Å². The van der Waals surface area contributed by atoms with Gasteiger partial charge in [-0.2, -0.15) is 13.2 Å². The van der Waals surface area contributed by atoms with E-state index in [-0.39, 0.29) is 0 Å². The molecule has 3 nitrogen and oxygen atoms in total. The molecule has 0 aliphatic rings. The van der Waals surface area contributed by atoms with E-state index in [4.69, 9.17) is 4.74 Å². The molecule has 0 bridgehead atoms. The standard InChI is InChI=1S/C10H18F3NO2/c1-8(2,3)16-7(15)14-6-9(4,5)10(11,12)13/h6H2,1-5H3,(H,14,15). The van der Waals surface area contributed by atoms with Crippen molar-refractivity contribution in [1.29, 1.82) is 0 Å². The monoisotopic (exact) mass is 241 g/mol. The predicted octanol–water partition coefficient (Wildman–Crippen LogP) is 3.10. The van der Waals surface area contributed by atoms with Crippen LogP contribution in [0.4, 0.5) is 18.0 Å². The van der Waals surface area contributed by atoms with Gasteiger partial charge in [-0.3, -0.25) is 0 Å². The normalized spacial score (nSPS) is 13.5. The first-order chi connectivity index (χ1) is 6.85. The van der Waals surface area contributed by atoms with Gasteiger partial charge in [0, 0.05) is 6.54 Å². The number of nitrogens with one attached hydrogen (secondary N) is 1. The van der Waals surface area contributed by atoms with E-state index in [2.05, 4.69) is 5.32 Å². The first kappa shape index (κ1) is 15.1. The first-order valence-corrected chi connectivity index (χ1v) is 4.89. The van der Waals surface area contributed by atoms with Crippen LogP contribution in [0.5, 0.6) is 0 Å². The summed E-state index contributed by atoms with van der Waals surface area (Å²) >= 11 is 0. The zero-order chi connectivity index (χ0) is 13.2. The number of ether oxygens (including phenoxy) is 1. The molecule has 6 heteroatoms. The lowest BCUT2D eigenvalue weighted by molar-refractivity contribution is -0.209. The highest BCUT2D eigenvalue weighted by atomic mass is 19.4. The van der Waals surface area contributed by atoms with Crippen molar-refractivity contribution >= 4 is 6.09 Å². The van der Waals surface area contributed by atoms with Gasteiger partial charge in [-0.15, -0.1) is 0 Å². The molecular weight excluding hydrogens is 223 g/mol. The Bertz CT molecular complexity index is 254. The van der Waals surface area contributed by atoms with Crippen LogP contribution in [0, 0.1) is 5.41 Å². The fraction of sp³-hybridized carbons (Fsp3) is 0.900. The molecule has 0 atom stereocenters. The van der Waals surface area contributed by atoms with Crippen molar-refractivity contribution in [3.63, 3.8) is 0 Å². The summed E-state index contributed by atoms with van der Waals surface area (Å²) in [6.07, 6.45) is -5.20. The molecule has 0 spiro atoms. The Balaban J connectivity index is 4.22. The fourth-order valence-corrected chi connectivity index (χ4v) is 0.708. The summed E-state index contributed by atoms with van der Waals surface area (Å²) in [5.74, 6) is 0. The molecule has 0 rings (SSSR count). The van der Waals surface area contributed by atoms with Gasteiger partial charge >= 0.3 is 12.3 Å². The highest BCUT2D eigenvalue weighted by molar-refractivity contribution is 5.67. The summed E-state index contributed by atoms with van der Waals surface area (Å²) in [6.45, 7) is 6.45. The van der Waals surface area contributed by atoms with Crippen molar-refractivity contribution in [3.05, 3.63) is 0 Å². The van der Waals surface area contributed by atoms with Gasteiger partial charge in [0.05, 0.1) is 5.41 Å². The van der Waals surface area contributed by atoms with Crippen molar-refractivity contribution in [1.82, 2.24) is 5.32 Å². The summed E-state index contributed by atoms with van der Waals surface area (Å²) in [5, 5.41) is 2.10. The summed E-state index contributed by atoms with van der Waals surface area (Å²) in [4.78, 5) is 11.1. The molecule has 0 aliphatic carbocycles. The third-order valence-corrected chi connectivity index (χ3v) is 1.84. The maximum absolute atomic E-state index is 12.4. The zero-order valence-electron chi connectivity index (χ0n) is 10.2. The van der Waals surface area contributed by atoms with Crippen LogP contribution in [0.3, 0.4) is 0 Å². The Morgan fingerprint density at radius 2 is 1.56 bits per heavy atom. The van der Waals surface area contributed by atoms with Gasteiger partial charge in [-0.05, 0) is 34.6 Å². The number of carbonyl (C=O) groups excluding carboxylic acids is 1. The highest BCUT2D eigenvalue weighted by Gasteiger charge is 2.47. The third kappa shape index (κ3) is 5.23. The van der Waals surface area contributed by atoms with Gasteiger partial charge in [0.1, 0.15) is 5.60 Å². The smallest absolute Gasteiger partial charge is 0.407 e. The van der Waals surface area contributed by atoms with Crippen molar-refractivity contribution < 1.29 is 22.7 Å². The third-order valence-electron chi connectivity index (χ3n) is 1.84. The second-order valence-electron chi connectivity index (χ2n) is 5.24. The molecule has 1 N–H and O–H groups in total. The Morgan fingerprint density at radius 3 is 1.88 bits per heavy atom. The van der Waals surface area contributed by atoms with E-state index in [9.17, 15) is 18.0 Å². The molecule has 1 amide bonds. The summed E-state index contributed by atoms with van der Waals surface area (Å²) in [6, 6.07) is 0. The summed E-state index contributed by atoms with van der Waals surface area (Å²) in [7, 11) is 0. The van der Waals surface area contributed by atoms with Crippen molar-refractivity contribution in [3.8, 4) is 0 Å². The minimum absolute atomic E-state index is 0.509. The number of halogens is 3. The predicted molar refractivity (Wildman–Crippen MR) is 54.1 cm³/mol. The molecular formula is C10H18F3NO2. The Hall–Kier alpha value is -0.940. The van der Waals surface area contributed by atoms with E-state index < -0.39 is 29.8 Å². The largest absolute Gasteiger partial charge is 0.444 e. The maximum Gasteiger partial charge on any atom is 0.407 e. The van der Waals surface area contributed by atoms with E-state index >= 15 is 0 Å². The van der Waals surface area contributed by atoms with Crippen LogP contribution in [0.1, 0.15) is 34.6 Å². The van der Waals surface area contributed by atoms with E-state index in [1.54, 1.807) is 20.8 Å². The molecule has 0 aromatic carbocycles. The highest BCUT2D eigenvalue weighted by Crippen LogP contribution is 2.36. The van der Waals surface area contributed by atoms with Crippen LogP contribution in [0.2, 0.25) is 0 Å². The maximum atomic E-state index is 12.4. The van der Waals surface area contributed by atoms with Crippen LogP contribution in [-0.4, -0.2) is 24.4 Å². The molecule has 0 aromatic rings. The molecule has 0 unspecified atom stereocenters. The van der Waals surface area contributed by atoms with Crippen molar-refractivity contribution in [2.45, 2.75) is 46.4 Å². The number of amides is 1. The Labute approximate surface area is 93.3 Å². The number of alkyl halides is 3. The zero-order valence-corrected chi connectivity index (χ0v) is 10.2. The van der Waals surface area contributed by atoms with Crippen molar-refractivity contribution in [2.24, 2.45) is 5.41 Å². The lowest BCUT2D eigenvalue weighted by Crippen LogP contribution is -2.44. The molecule has 16 heavy (non-hydrogen) atoms.